The van der Waals surface area contributed by atoms with E-state index in [1.165, 1.54) is 0 Å². The van der Waals surface area contributed by atoms with Gasteiger partial charge in [-0.15, -0.1) is 0 Å². The minimum atomic E-state index is -1.35. The van der Waals surface area contributed by atoms with Crippen LogP contribution in [0.4, 0.5) is 0 Å². The first-order valence-corrected chi connectivity index (χ1v) is 12.0. The summed E-state index contributed by atoms with van der Waals surface area (Å²) < 4.78 is 33.3. The Hall–Kier alpha value is -2.46. The molecule has 2 aliphatic heterocycles. The van der Waals surface area contributed by atoms with E-state index in [1.807, 2.05) is 109 Å². The zero-order valence-corrected chi connectivity index (χ0v) is 21.7. The van der Waals surface area contributed by atoms with E-state index >= 15 is 0 Å². The molecule has 6 rings (SSSR count). The summed E-state index contributed by atoms with van der Waals surface area (Å²) in [6, 6.07) is 34.1. The summed E-state index contributed by atoms with van der Waals surface area (Å²) in [5.74, 6) is 4.46. The Labute approximate surface area is 221 Å². The van der Waals surface area contributed by atoms with Crippen LogP contribution in [0.25, 0.3) is 0 Å². The van der Waals surface area contributed by atoms with E-state index in [4.69, 9.17) is 27.1 Å². The molecule has 0 radical (unpaired) electrons. The second-order valence-corrected chi connectivity index (χ2v) is 8.50. The molecule has 0 unspecified atom stereocenters. The van der Waals surface area contributed by atoms with Gasteiger partial charge in [0, 0.05) is 0 Å². The van der Waals surface area contributed by atoms with Crippen molar-refractivity contribution in [3.63, 3.8) is 0 Å². The van der Waals surface area contributed by atoms with Gasteiger partial charge in [-0.2, -0.15) is 0 Å². The standard InChI is InChI=1S/2C12H9O3P.BrH.Cu/c2*1-2-6-10(7-3-1)13-16-14-11-8-4-5-9-12(11)15-16;;/h2*1-9H;1H;/q;;;+1/p-1. The number of fused-ring (bicyclic) bond motifs is 2. The van der Waals surface area contributed by atoms with Gasteiger partial charge in [-0.3, -0.25) is 0 Å². The van der Waals surface area contributed by atoms with Gasteiger partial charge < -0.3 is 44.1 Å². The van der Waals surface area contributed by atoms with E-state index < -0.39 is 17.2 Å². The predicted octanol–water partition coefficient (Wildman–Crippen LogP) is 4.53. The van der Waals surface area contributed by atoms with Crippen LogP contribution in [0.5, 0.6) is 34.5 Å². The fraction of sp³-hybridized carbons (Fsp3) is 0. The van der Waals surface area contributed by atoms with Gasteiger partial charge in [0.2, 0.25) is 0 Å². The van der Waals surface area contributed by atoms with E-state index in [-0.39, 0.29) is 34.1 Å². The number of halogens is 1. The van der Waals surface area contributed by atoms with Gasteiger partial charge in [0.05, 0.1) is 0 Å². The maximum Gasteiger partial charge on any atom is 1.00 e. The van der Waals surface area contributed by atoms with Crippen molar-refractivity contribution in [2.24, 2.45) is 0 Å². The molecular formula is C24H18BrCuO6P2. The minimum absolute atomic E-state index is 0. The number of benzene rings is 4. The molecule has 2 aliphatic rings. The molecule has 10 heteroatoms. The van der Waals surface area contributed by atoms with E-state index in [1.54, 1.807) is 0 Å². The van der Waals surface area contributed by atoms with Crippen LogP contribution >= 0.6 is 17.2 Å². The van der Waals surface area contributed by atoms with Crippen molar-refractivity contribution in [2.45, 2.75) is 0 Å². The van der Waals surface area contributed by atoms with Crippen molar-refractivity contribution in [1.82, 2.24) is 0 Å². The van der Waals surface area contributed by atoms with Crippen LogP contribution in [0.3, 0.4) is 0 Å². The third kappa shape index (κ3) is 6.79. The fourth-order valence-electron chi connectivity index (χ4n) is 2.77. The third-order valence-electron chi connectivity index (χ3n) is 4.24. The molecule has 0 aromatic heterocycles. The molecule has 0 amide bonds. The zero-order valence-electron chi connectivity index (χ0n) is 17.4. The van der Waals surface area contributed by atoms with Crippen LogP contribution in [0.2, 0.25) is 0 Å². The smallest absolute Gasteiger partial charge is 1.00 e. The molecule has 4 aromatic rings. The van der Waals surface area contributed by atoms with Crippen molar-refractivity contribution >= 4 is 17.2 Å². The summed E-state index contributed by atoms with van der Waals surface area (Å²) in [4.78, 5) is 0. The normalized spacial score (nSPS) is 12.9. The zero-order chi connectivity index (χ0) is 21.6. The molecule has 0 saturated heterocycles. The molecule has 0 bridgehead atoms. The van der Waals surface area contributed by atoms with Gasteiger partial charge in [0.15, 0.2) is 23.0 Å². The summed E-state index contributed by atoms with van der Waals surface area (Å²) in [5, 5.41) is 0. The van der Waals surface area contributed by atoms with Gasteiger partial charge >= 0.3 is 34.3 Å². The molecule has 0 aliphatic carbocycles. The van der Waals surface area contributed by atoms with Crippen molar-refractivity contribution in [3.8, 4) is 34.5 Å². The van der Waals surface area contributed by atoms with E-state index in [9.17, 15) is 0 Å². The van der Waals surface area contributed by atoms with Crippen LogP contribution in [0.15, 0.2) is 109 Å². The summed E-state index contributed by atoms with van der Waals surface area (Å²) in [6.45, 7) is 0. The minimum Gasteiger partial charge on any atom is -1.00 e. The Morgan fingerprint density at radius 1 is 0.412 bits per heavy atom. The van der Waals surface area contributed by atoms with Crippen LogP contribution in [0, 0.1) is 0 Å². The first-order valence-electron chi connectivity index (χ1n) is 9.80. The summed E-state index contributed by atoms with van der Waals surface area (Å²) in [6.07, 6.45) is 0. The van der Waals surface area contributed by atoms with Crippen LogP contribution < -0.4 is 44.1 Å². The van der Waals surface area contributed by atoms with Gasteiger partial charge in [-0.05, 0) is 48.5 Å². The van der Waals surface area contributed by atoms with E-state index in [0.717, 1.165) is 34.5 Å². The van der Waals surface area contributed by atoms with Gasteiger partial charge in [0.1, 0.15) is 11.5 Å². The molecule has 0 fully saturated rings. The van der Waals surface area contributed by atoms with Gasteiger partial charge in [-0.1, -0.05) is 60.7 Å². The van der Waals surface area contributed by atoms with Crippen molar-refractivity contribution in [2.75, 3.05) is 0 Å². The number of hydrogen-bond donors (Lipinski definition) is 0. The molecular weight excluding hydrogens is 590 g/mol. The number of rotatable bonds is 4. The third-order valence-corrected chi connectivity index (χ3v) is 6.34. The average molecular weight is 608 g/mol. The van der Waals surface area contributed by atoms with Crippen LogP contribution in [0.1, 0.15) is 0 Å². The first kappa shape index (κ1) is 26.1. The quantitative estimate of drug-likeness (QED) is 0.251. The Balaban J connectivity index is 0.000000180. The number of hydrogen-bond acceptors (Lipinski definition) is 6. The average Bonchev–Trinajstić information content (AvgIpc) is 3.43. The monoisotopic (exact) mass is 606 g/mol. The van der Waals surface area contributed by atoms with Crippen LogP contribution in [-0.4, -0.2) is 0 Å². The Kier molecular flexibility index (Phi) is 9.88. The van der Waals surface area contributed by atoms with Crippen molar-refractivity contribution in [3.05, 3.63) is 109 Å². The summed E-state index contributed by atoms with van der Waals surface area (Å²) in [7, 11) is -2.70. The molecule has 2 heterocycles. The molecule has 6 nitrogen and oxygen atoms in total. The summed E-state index contributed by atoms with van der Waals surface area (Å²) >= 11 is 0. The molecule has 0 N–H and O–H groups in total. The molecule has 4 aromatic carbocycles. The van der Waals surface area contributed by atoms with Gasteiger partial charge in [0.25, 0.3) is 0 Å². The first-order chi connectivity index (χ1) is 15.8. The second-order valence-electron chi connectivity index (χ2n) is 6.51. The molecule has 34 heavy (non-hydrogen) atoms. The van der Waals surface area contributed by atoms with Crippen LogP contribution in [-0.2, 0) is 17.1 Å². The largest absolute Gasteiger partial charge is 1.00 e. The molecule has 0 saturated carbocycles. The molecule has 0 spiro atoms. The predicted molar refractivity (Wildman–Crippen MR) is 123 cm³/mol. The number of para-hydroxylation sites is 6. The van der Waals surface area contributed by atoms with Gasteiger partial charge in [-0.25, -0.2) is 0 Å². The Morgan fingerprint density at radius 3 is 0.971 bits per heavy atom. The summed E-state index contributed by atoms with van der Waals surface area (Å²) in [5.41, 5.74) is 0. The SMILES string of the molecule is [Br-].[Cu+].c1ccc(OP2Oc3ccccc3O2)cc1.c1ccc(OP2Oc3ccccc3O2)cc1. The fourth-order valence-corrected chi connectivity index (χ4v) is 4.83. The molecule has 178 valence electrons. The van der Waals surface area contributed by atoms with E-state index in [2.05, 4.69) is 0 Å². The second kappa shape index (κ2) is 12.8. The van der Waals surface area contributed by atoms with E-state index in [0.29, 0.717) is 0 Å². The van der Waals surface area contributed by atoms with Crippen molar-refractivity contribution < 1.29 is 61.2 Å². The van der Waals surface area contributed by atoms with Crippen molar-refractivity contribution in [1.29, 1.82) is 0 Å². The maximum atomic E-state index is 5.58. The maximum absolute atomic E-state index is 5.58. The Bertz CT molecular complexity index is 1030. The topological polar surface area (TPSA) is 55.4 Å². The Morgan fingerprint density at radius 2 is 0.676 bits per heavy atom. The molecule has 0 atom stereocenters.